The minimum Gasteiger partial charge on any atom is -0.294 e. The molecule has 5 rings (SSSR count). The summed E-state index contributed by atoms with van der Waals surface area (Å²) in [5.41, 5.74) is 6.70. The Kier molecular flexibility index (Phi) is 5.20. The fourth-order valence-electron chi connectivity index (χ4n) is 3.48. The second-order valence-electron chi connectivity index (χ2n) is 7.27. The molecule has 5 aromatic rings. The van der Waals surface area contributed by atoms with Gasteiger partial charge < -0.3 is 0 Å². The Balaban J connectivity index is 1.27. The van der Waals surface area contributed by atoms with Crippen LogP contribution in [0.2, 0.25) is 0 Å². The number of rotatable bonds is 5. The SMILES string of the molecule is N#Cc1ccc(-c2cn3c(CC(=O)N/N=C/c4ccc5ccccc5c4)csc3n2)cc1. The molecule has 0 bridgehead atoms. The Labute approximate surface area is 188 Å². The van der Waals surface area contributed by atoms with Gasteiger partial charge in [-0.1, -0.05) is 48.5 Å². The van der Waals surface area contributed by atoms with Gasteiger partial charge in [0.25, 0.3) is 0 Å². The molecule has 0 fully saturated rings. The summed E-state index contributed by atoms with van der Waals surface area (Å²) >= 11 is 1.48. The number of nitriles is 1. The normalized spacial score (nSPS) is 11.2. The summed E-state index contributed by atoms with van der Waals surface area (Å²) in [7, 11) is 0. The predicted molar refractivity (Wildman–Crippen MR) is 127 cm³/mol. The van der Waals surface area contributed by atoms with Crippen molar-refractivity contribution in [2.75, 3.05) is 0 Å². The maximum atomic E-state index is 12.4. The number of hydrogen-bond donors (Lipinski definition) is 1. The van der Waals surface area contributed by atoms with Crippen molar-refractivity contribution in [2.24, 2.45) is 5.10 Å². The third kappa shape index (κ3) is 4.00. The maximum Gasteiger partial charge on any atom is 0.246 e. The molecule has 1 N–H and O–H groups in total. The molecule has 0 saturated heterocycles. The number of aromatic nitrogens is 2. The fraction of sp³-hybridized carbons (Fsp3) is 0.0400. The van der Waals surface area contributed by atoms with E-state index < -0.39 is 0 Å². The van der Waals surface area contributed by atoms with Crippen molar-refractivity contribution in [2.45, 2.75) is 6.42 Å². The predicted octanol–water partition coefficient (Wildman–Crippen LogP) is 4.78. The quantitative estimate of drug-likeness (QED) is 0.319. The molecule has 2 aromatic heterocycles. The Hall–Kier alpha value is -4.28. The molecule has 6 nitrogen and oxygen atoms in total. The Morgan fingerprint density at radius 2 is 1.94 bits per heavy atom. The van der Waals surface area contributed by atoms with E-state index in [0.717, 1.165) is 38.2 Å². The second kappa shape index (κ2) is 8.46. The van der Waals surface area contributed by atoms with Crippen LogP contribution in [0.3, 0.4) is 0 Å². The smallest absolute Gasteiger partial charge is 0.246 e. The van der Waals surface area contributed by atoms with Gasteiger partial charge in [0.15, 0.2) is 4.96 Å². The van der Waals surface area contributed by atoms with E-state index in [0.29, 0.717) is 5.56 Å². The summed E-state index contributed by atoms with van der Waals surface area (Å²) in [6.45, 7) is 0. The number of benzene rings is 3. The van der Waals surface area contributed by atoms with Crippen LogP contribution in [0.4, 0.5) is 0 Å². The molecular formula is C25H17N5OS. The number of carbonyl (C=O) groups is 1. The summed E-state index contributed by atoms with van der Waals surface area (Å²) in [4.78, 5) is 17.9. The molecule has 1 amide bonds. The minimum atomic E-state index is -0.199. The molecule has 0 radical (unpaired) electrons. The summed E-state index contributed by atoms with van der Waals surface area (Å²) in [5, 5.41) is 17.3. The third-order valence-corrected chi connectivity index (χ3v) is 6.00. The Bertz CT molecular complexity index is 1510. The van der Waals surface area contributed by atoms with Crippen molar-refractivity contribution >= 4 is 39.2 Å². The van der Waals surface area contributed by atoms with E-state index in [2.05, 4.69) is 27.6 Å². The molecule has 0 saturated carbocycles. The first-order chi connectivity index (χ1) is 15.7. The van der Waals surface area contributed by atoms with E-state index in [1.165, 1.54) is 11.3 Å². The zero-order valence-electron chi connectivity index (χ0n) is 16.9. The van der Waals surface area contributed by atoms with Crippen molar-refractivity contribution in [3.8, 4) is 17.3 Å². The van der Waals surface area contributed by atoms with Crippen LogP contribution in [-0.4, -0.2) is 21.5 Å². The number of carbonyl (C=O) groups excluding carboxylic acids is 1. The molecule has 0 unspecified atom stereocenters. The fourth-order valence-corrected chi connectivity index (χ4v) is 4.35. The number of hydrazone groups is 1. The lowest BCUT2D eigenvalue weighted by Gasteiger charge is -2.01. The molecule has 32 heavy (non-hydrogen) atoms. The number of hydrogen-bond acceptors (Lipinski definition) is 5. The first-order valence-electron chi connectivity index (χ1n) is 9.96. The zero-order valence-corrected chi connectivity index (χ0v) is 17.7. The molecule has 0 aliphatic heterocycles. The van der Waals surface area contributed by atoms with Gasteiger partial charge in [-0.25, -0.2) is 10.4 Å². The maximum absolute atomic E-state index is 12.4. The van der Waals surface area contributed by atoms with E-state index in [1.54, 1.807) is 18.3 Å². The van der Waals surface area contributed by atoms with Gasteiger partial charge in [-0.15, -0.1) is 11.3 Å². The average molecular weight is 436 g/mol. The highest BCUT2D eigenvalue weighted by atomic mass is 32.1. The van der Waals surface area contributed by atoms with Crippen LogP contribution in [-0.2, 0) is 11.2 Å². The molecule has 0 aliphatic rings. The summed E-state index contributed by atoms with van der Waals surface area (Å²) in [5.74, 6) is -0.199. The van der Waals surface area contributed by atoms with Crippen LogP contribution in [0.5, 0.6) is 0 Å². The van der Waals surface area contributed by atoms with Gasteiger partial charge in [-0.05, 0) is 34.5 Å². The highest BCUT2D eigenvalue weighted by molar-refractivity contribution is 7.15. The largest absolute Gasteiger partial charge is 0.294 e. The van der Waals surface area contributed by atoms with E-state index >= 15 is 0 Å². The van der Waals surface area contributed by atoms with Crippen molar-refractivity contribution in [1.82, 2.24) is 14.8 Å². The molecule has 0 spiro atoms. The van der Waals surface area contributed by atoms with Crippen LogP contribution in [0.25, 0.3) is 27.0 Å². The molecule has 0 aliphatic carbocycles. The molecule has 7 heteroatoms. The number of nitrogens with one attached hydrogen (secondary N) is 1. The van der Waals surface area contributed by atoms with Gasteiger partial charge in [0.05, 0.1) is 30.0 Å². The standard InChI is InChI=1S/C25H17N5OS/c26-13-17-5-9-20(10-6-17)23-15-30-22(16-32-25(30)28-23)12-24(31)29-27-14-18-7-8-19-3-1-2-4-21(19)11-18/h1-11,14-16H,12H2,(H,29,31)/b27-14+. The van der Waals surface area contributed by atoms with Crippen molar-refractivity contribution in [3.05, 3.63) is 95.1 Å². The first-order valence-corrected chi connectivity index (χ1v) is 10.8. The van der Waals surface area contributed by atoms with Crippen LogP contribution in [0.15, 0.2) is 83.4 Å². The first kappa shape index (κ1) is 19.7. The number of nitrogens with zero attached hydrogens (tertiary/aromatic N) is 4. The van der Waals surface area contributed by atoms with Gasteiger partial charge in [-0.3, -0.25) is 9.20 Å². The van der Waals surface area contributed by atoms with E-state index in [4.69, 9.17) is 5.26 Å². The van der Waals surface area contributed by atoms with Gasteiger partial charge in [0.1, 0.15) is 0 Å². The second-order valence-corrected chi connectivity index (χ2v) is 8.11. The lowest BCUT2D eigenvalue weighted by molar-refractivity contribution is -0.120. The number of amides is 1. The van der Waals surface area contributed by atoms with E-state index in [9.17, 15) is 4.79 Å². The molecule has 3 aromatic carbocycles. The van der Waals surface area contributed by atoms with Gasteiger partial charge >= 0.3 is 0 Å². The molecule has 2 heterocycles. The van der Waals surface area contributed by atoms with Crippen molar-refractivity contribution in [3.63, 3.8) is 0 Å². The highest BCUT2D eigenvalue weighted by Crippen LogP contribution is 2.24. The summed E-state index contributed by atoms with van der Waals surface area (Å²) in [6, 6.07) is 23.5. The van der Waals surface area contributed by atoms with Gasteiger partial charge in [0, 0.05) is 22.8 Å². The van der Waals surface area contributed by atoms with Crippen LogP contribution < -0.4 is 5.43 Å². The molecular weight excluding hydrogens is 418 g/mol. The van der Waals surface area contributed by atoms with Crippen molar-refractivity contribution in [1.29, 1.82) is 5.26 Å². The van der Waals surface area contributed by atoms with Gasteiger partial charge in [-0.2, -0.15) is 10.4 Å². The summed E-state index contributed by atoms with van der Waals surface area (Å²) < 4.78 is 1.92. The highest BCUT2D eigenvalue weighted by Gasteiger charge is 2.12. The van der Waals surface area contributed by atoms with E-state index in [-0.39, 0.29) is 12.3 Å². The Morgan fingerprint density at radius 1 is 1.12 bits per heavy atom. The Morgan fingerprint density at radius 3 is 2.75 bits per heavy atom. The van der Waals surface area contributed by atoms with Gasteiger partial charge in [0.2, 0.25) is 5.91 Å². The van der Waals surface area contributed by atoms with Crippen LogP contribution in [0.1, 0.15) is 16.8 Å². The topological polar surface area (TPSA) is 82.5 Å². The number of fused-ring (bicyclic) bond motifs is 2. The van der Waals surface area contributed by atoms with Crippen LogP contribution in [0, 0.1) is 11.3 Å². The zero-order chi connectivity index (χ0) is 21.9. The lowest BCUT2D eigenvalue weighted by Crippen LogP contribution is -2.20. The molecule has 0 atom stereocenters. The third-order valence-electron chi connectivity index (χ3n) is 5.11. The minimum absolute atomic E-state index is 0.193. The summed E-state index contributed by atoms with van der Waals surface area (Å²) in [6.07, 6.45) is 3.75. The number of thiazole rings is 1. The average Bonchev–Trinajstić information content (AvgIpc) is 3.41. The number of imidazole rings is 1. The van der Waals surface area contributed by atoms with E-state index in [1.807, 2.05) is 64.5 Å². The molecule has 154 valence electrons. The van der Waals surface area contributed by atoms with Crippen molar-refractivity contribution < 1.29 is 4.79 Å². The van der Waals surface area contributed by atoms with Crippen LogP contribution >= 0.6 is 11.3 Å². The monoisotopic (exact) mass is 435 g/mol. The lowest BCUT2D eigenvalue weighted by atomic mass is 10.1.